The Kier molecular flexibility index (Phi) is 2.61. The molecule has 1 saturated heterocycles. The van der Waals surface area contributed by atoms with Gasteiger partial charge < -0.3 is 9.88 Å². The summed E-state index contributed by atoms with van der Waals surface area (Å²) in [6.45, 7) is -0.204. The minimum Gasteiger partial charge on any atom is -0.364 e. The van der Waals surface area contributed by atoms with E-state index in [9.17, 15) is 14.0 Å². The number of rotatable bonds is 1. The van der Waals surface area contributed by atoms with Gasteiger partial charge in [-0.25, -0.2) is 13.8 Å². The van der Waals surface area contributed by atoms with E-state index < -0.39 is 12.5 Å². The summed E-state index contributed by atoms with van der Waals surface area (Å²) in [5.74, 6) is -2.73. The molecule has 3 heterocycles. The van der Waals surface area contributed by atoms with Crippen LogP contribution in [0.5, 0.6) is 0 Å². The van der Waals surface area contributed by atoms with Gasteiger partial charge in [0.2, 0.25) is 0 Å². The quantitative estimate of drug-likeness (QED) is 0.818. The highest BCUT2D eigenvalue weighted by Crippen LogP contribution is 2.38. The standard InChI is InChI=1S/C12H9ClF2N4/c13-10-8(5-16)9(7-1-3-17-11(7)18-10)19-4-2-12(14,15)6-19/h1,3H,2,4,6H2,(H,17,18). The van der Waals surface area contributed by atoms with Gasteiger partial charge in [0.15, 0.2) is 5.15 Å². The SMILES string of the molecule is N#Cc1c(Cl)nc2[nH]ccc2c1N1CCC(F)(F)C1. The van der Waals surface area contributed by atoms with E-state index >= 15 is 0 Å². The topological polar surface area (TPSA) is 55.7 Å². The molecule has 0 bridgehead atoms. The Bertz CT molecular complexity index is 689. The van der Waals surface area contributed by atoms with Crippen LogP contribution < -0.4 is 4.90 Å². The molecule has 1 aliphatic heterocycles. The molecule has 0 spiro atoms. The molecule has 0 unspecified atom stereocenters. The van der Waals surface area contributed by atoms with E-state index in [1.807, 2.05) is 6.07 Å². The second-order valence-corrected chi connectivity index (χ2v) is 4.86. The Hall–Kier alpha value is -1.87. The molecule has 0 amide bonds. The predicted molar refractivity (Wildman–Crippen MR) is 67.6 cm³/mol. The summed E-state index contributed by atoms with van der Waals surface area (Å²) in [4.78, 5) is 8.43. The van der Waals surface area contributed by atoms with Crippen LogP contribution in [0.1, 0.15) is 12.0 Å². The Morgan fingerprint density at radius 3 is 2.95 bits per heavy atom. The molecule has 0 aromatic carbocycles. The van der Waals surface area contributed by atoms with E-state index in [0.29, 0.717) is 16.7 Å². The summed E-state index contributed by atoms with van der Waals surface area (Å²) in [6.07, 6.45) is 1.43. The molecule has 0 radical (unpaired) electrons. The molecule has 0 saturated carbocycles. The van der Waals surface area contributed by atoms with E-state index in [4.69, 9.17) is 11.6 Å². The molecule has 2 aromatic heterocycles. The van der Waals surface area contributed by atoms with Gasteiger partial charge in [0.25, 0.3) is 5.92 Å². The van der Waals surface area contributed by atoms with Crippen LogP contribution in [0.2, 0.25) is 5.15 Å². The summed E-state index contributed by atoms with van der Waals surface area (Å²) in [6, 6.07) is 3.67. The summed E-state index contributed by atoms with van der Waals surface area (Å²) < 4.78 is 26.7. The molecule has 7 heteroatoms. The Labute approximate surface area is 112 Å². The van der Waals surface area contributed by atoms with Crippen LogP contribution in [0, 0.1) is 11.3 Å². The van der Waals surface area contributed by atoms with Crippen molar-refractivity contribution < 1.29 is 8.78 Å². The zero-order valence-electron chi connectivity index (χ0n) is 9.75. The van der Waals surface area contributed by atoms with Crippen molar-refractivity contribution in [1.29, 1.82) is 5.26 Å². The van der Waals surface area contributed by atoms with Gasteiger partial charge in [-0.15, -0.1) is 0 Å². The van der Waals surface area contributed by atoms with Crippen LogP contribution in [0.4, 0.5) is 14.5 Å². The normalized spacial score (nSPS) is 17.9. The number of fused-ring (bicyclic) bond motifs is 1. The van der Waals surface area contributed by atoms with Crippen LogP contribution in [0.25, 0.3) is 11.0 Å². The highest BCUT2D eigenvalue weighted by atomic mass is 35.5. The van der Waals surface area contributed by atoms with Gasteiger partial charge in [-0.2, -0.15) is 5.26 Å². The molecule has 0 atom stereocenters. The second kappa shape index (κ2) is 4.07. The van der Waals surface area contributed by atoms with Crippen molar-refractivity contribution in [3.05, 3.63) is 23.0 Å². The number of aromatic amines is 1. The summed E-state index contributed by atoms with van der Waals surface area (Å²) in [5.41, 5.74) is 1.08. The molecule has 1 fully saturated rings. The van der Waals surface area contributed by atoms with Gasteiger partial charge in [-0.05, 0) is 6.07 Å². The van der Waals surface area contributed by atoms with Crippen LogP contribution in [-0.4, -0.2) is 29.0 Å². The molecule has 3 rings (SSSR count). The van der Waals surface area contributed by atoms with Crippen molar-refractivity contribution in [2.24, 2.45) is 0 Å². The smallest absolute Gasteiger partial charge is 0.266 e. The third-order valence-electron chi connectivity index (χ3n) is 3.23. The first-order chi connectivity index (χ1) is 9.02. The van der Waals surface area contributed by atoms with E-state index in [2.05, 4.69) is 9.97 Å². The number of anilines is 1. The number of nitrogens with zero attached hydrogens (tertiary/aromatic N) is 3. The lowest BCUT2D eigenvalue weighted by atomic mass is 10.1. The fourth-order valence-electron chi connectivity index (χ4n) is 2.38. The van der Waals surface area contributed by atoms with Crippen molar-refractivity contribution in [3.63, 3.8) is 0 Å². The molecular formula is C12H9ClF2N4. The van der Waals surface area contributed by atoms with Gasteiger partial charge in [0, 0.05) is 24.5 Å². The average molecular weight is 283 g/mol. The first-order valence-electron chi connectivity index (χ1n) is 5.71. The zero-order chi connectivity index (χ0) is 13.6. The van der Waals surface area contributed by atoms with E-state index in [1.165, 1.54) is 4.90 Å². The average Bonchev–Trinajstić information content (AvgIpc) is 2.93. The van der Waals surface area contributed by atoms with Crippen molar-refractivity contribution >= 4 is 28.3 Å². The first kappa shape index (κ1) is 12.2. The number of nitrogens with one attached hydrogen (secondary N) is 1. The Morgan fingerprint density at radius 1 is 1.53 bits per heavy atom. The third-order valence-corrected chi connectivity index (χ3v) is 3.50. The monoisotopic (exact) mass is 282 g/mol. The van der Waals surface area contributed by atoms with Crippen molar-refractivity contribution in [3.8, 4) is 6.07 Å². The molecule has 4 nitrogen and oxygen atoms in total. The van der Waals surface area contributed by atoms with Gasteiger partial charge in [-0.3, -0.25) is 0 Å². The molecule has 98 valence electrons. The molecule has 2 aromatic rings. The largest absolute Gasteiger partial charge is 0.364 e. The lowest BCUT2D eigenvalue weighted by Crippen LogP contribution is -2.25. The van der Waals surface area contributed by atoms with E-state index in [1.54, 1.807) is 12.3 Å². The fraction of sp³-hybridized carbons (Fsp3) is 0.333. The maximum absolute atomic E-state index is 13.4. The number of halogens is 3. The summed E-state index contributed by atoms with van der Waals surface area (Å²) in [5, 5.41) is 9.86. The van der Waals surface area contributed by atoms with Crippen LogP contribution in [0.3, 0.4) is 0 Å². The minimum atomic E-state index is -2.73. The maximum Gasteiger partial charge on any atom is 0.266 e. The highest BCUT2D eigenvalue weighted by molar-refractivity contribution is 6.31. The third kappa shape index (κ3) is 1.90. The minimum absolute atomic E-state index is 0.0302. The lowest BCUT2D eigenvalue weighted by Gasteiger charge is -2.20. The second-order valence-electron chi connectivity index (χ2n) is 4.51. The molecule has 0 aliphatic carbocycles. The van der Waals surface area contributed by atoms with Crippen molar-refractivity contribution in [1.82, 2.24) is 9.97 Å². The van der Waals surface area contributed by atoms with Crippen molar-refractivity contribution in [2.75, 3.05) is 18.0 Å². The zero-order valence-corrected chi connectivity index (χ0v) is 10.5. The number of H-pyrrole nitrogens is 1. The van der Waals surface area contributed by atoms with Crippen LogP contribution >= 0.6 is 11.6 Å². The van der Waals surface area contributed by atoms with Gasteiger partial charge >= 0.3 is 0 Å². The van der Waals surface area contributed by atoms with Gasteiger partial charge in [0.1, 0.15) is 17.3 Å². The number of alkyl halides is 2. The Morgan fingerprint density at radius 2 is 2.32 bits per heavy atom. The summed E-state index contributed by atoms with van der Waals surface area (Å²) >= 11 is 5.95. The van der Waals surface area contributed by atoms with Crippen LogP contribution in [-0.2, 0) is 0 Å². The Balaban J connectivity index is 2.21. The summed E-state index contributed by atoms with van der Waals surface area (Å²) in [7, 11) is 0. The van der Waals surface area contributed by atoms with E-state index in [0.717, 1.165) is 0 Å². The predicted octanol–water partition coefficient (Wildman–Crippen LogP) is 2.93. The number of aromatic nitrogens is 2. The molecule has 1 aliphatic rings. The number of pyridine rings is 1. The van der Waals surface area contributed by atoms with Crippen molar-refractivity contribution in [2.45, 2.75) is 12.3 Å². The fourth-order valence-corrected chi connectivity index (χ4v) is 2.60. The highest BCUT2D eigenvalue weighted by Gasteiger charge is 2.39. The number of nitriles is 1. The van der Waals surface area contributed by atoms with Gasteiger partial charge in [0.05, 0.1) is 12.2 Å². The lowest BCUT2D eigenvalue weighted by molar-refractivity contribution is 0.0257. The number of hydrogen-bond donors (Lipinski definition) is 1. The van der Waals surface area contributed by atoms with Crippen LogP contribution in [0.15, 0.2) is 12.3 Å². The number of hydrogen-bond acceptors (Lipinski definition) is 3. The first-order valence-corrected chi connectivity index (χ1v) is 6.09. The molecule has 1 N–H and O–H groups in total. The maximum atomic E-state index is 13.4. The van der Waals surface area contributed by atoms with Gasteiger partial charge in [-0.1, -0.05) is 11.6 Å². The molecule has 19 heavy (non-hydrogen) atoms. The van der Waals surface area contributed by atoms with E-state index in [-0.39, 0.29) is 23.7 Å². The molecular weight excluding hydrogens is 274 g/mol.